The molecular formula is C19H27Cl2N3. The highest BCUT2D eigenvalue weighted by molar-refractivity contribution is 5.85. The zero-order chi connectivity index (χ0) is 15.4. The van der Waals surface area contributed by atoms with Gasteiger partial charge in [0.25, 0.3) is 0 Å². The van der Waals surface area contributed by atoms with E-state index < -0.39 is 0 Å². The first kappa shape index (κ1) is 20.8. The molecule has 5 heteroatoms. The first-order valence-corrected chi connectivity index (χ1v) is 8.14. The zero-order valence-electron chi connectivity index (χ0n) is 14.1. The number of nitrogen functional groups attached to an aromatic ring is 1. The average molecular weight is 368 g/mol. The largest absolute Gasteiger partial charge is 0.399 e. The Labute approximate surface area is 157 Å². The van der Waals surface area contributed by atoms with Gasteiger partial charge in [-0.05, 0) is 35.2 Å². The smallest absolute Gasteiger partial charge is 0.0476 e. The Morgan fingerprint density at radius 2 is 1.83 bits per heavy atom. The first-order chi connectivity index (χ1) is 10.8. The Kier molecular flexibility index (Phi) is 8.57. The van der Waals surface area contributed by atoms with E-state index in [9.17, 15) is 0 Å². The molecule has 0 amide bonds. The third-order valence-corrected chi connectivity index (χ3v) is 4.46. The highest BCUT2D eigenvalue weighted by Crippen LogP contribution is 2.25. The maximum atomic E-state index is 5.91. The van der Waals surface area contributed by atoms with Gasteiger partial charge in [0.2, 0.25) is 0 Å². The van der Waals surface area contributed by atoms with Crippen LogP contribution < -0.4 is 11.1 Å². The summed E-state index contributed by atoms with van der Waals surface area (Å²) >= 11 is 0. The quantitative estimate of drug-likeness (QED) is 0.807. The minimum Gasteiger partial charge on any atom is -0.399 e. The fourth-order valence-electron chi connectivity index (χ4n) is 3.17. The van der Waals surface area contributed by atoms with Crippen LogP contribution in [0.15, 0.2) is 48.5 Å². The van der Waals surface area contributed by atoms with Crippen LogP contribution in [0.25, 0.3) is 0 Å². The second kappa shape index (κ2) is 9.90. The maximum absolute atomic E-state index is 5.91. The number of nitrogens with two attached hydrogens (primary N) is 1. The van der Waals surface area contributed by atoms with Crippen molar-refractivity contribution in [3.8, 4) is 0 Å². The van der Waals surface area contributed by atoms with E-state index in [2.05, 4.69) is 53.5 Å². The fourth-order valence-corrected chi connectivity index (χ4v) is 3.17. The van der Waals surface area contributed by atoms with E-state index in [-0.39, 0.29) is 24.8 Å². The lowest BCUT2D eigenvalue weighted by Crippen LogP contribution is -2.45. The third-order valence-electron chi connectivity index (χ3n) is 4.46. The van der Waals surface area contributed by atoms with Gasteiger partial charge in [0, 0.05) is 37.9 Å². The van der Waals surface area contributed by atoms with Crippen LogP contribution in [0.3, 0.4) is 0 Å². The molecule has 1 saturated heterocycles. The maximum Gasteiger partial charge on any atom is 0.0476 e. The Balaban J connectivity index is 0.00000144. The van der Waals surface area contributed by atoms with Crippen molar-refractivity contribution in [2.75, 3.05) is 25.4 Å². The van der Waals surface area contributed by atoms with Crippen LogP contribution in [0.2, 0.25) is 0 Å². The van der Waals surface area contributed by atoms with Crippen molar-refractivity contribution in [3.05, 3.63) is 65.2 Å². The summed E-state index contributed by atoms with van der Waals surface area (Å²) in [6, 6.07) is 17.7. The van der Waals surface area contributed by atoms with Gasteiger partial charge in [-0.3, -0.25) is 4.90 Å². The number of nitrogens with one attached hydrogen (secondary N) is 1. The summed E-state index contributed by atoms with van der Waals surface area (Å²) in [5.74, 6) is 0. The topological polar surface area (TPSA) is 41.3 Å². The molecule has 0 aliphatic carbocycles. The number of piperazine rings is 1. The van der Waals surface area contributed by atoms with Crippen molar-refractivity contribution in [2.45, 2.75) is 25.9 Å². The summed E-state index contributed by atoms with van der Waals surface area (Å²) in [6.07, 6.45) is 1.09. The molecule has 0 spiro atoms. The summed E-state index contributed by atoms with van der Waals surface area (Å²) in [7, 11) is 0. The number of hydrogen-bond donors (Lipinski definition) is 2. The molecule has 1 aliphatic heterocycles. The van der Waals surface area contributed by atoms with Crippen LogP contribution in [0.1, 0.15) is 29.7 Å². The molecule has 3 nitrogen and oxygen atoms in total. The van der Waals surface area contributed by atoms with Gasteiger partial charge in [-0.1, -0.05) is 43.3 Å². The Morgan fingerprint density at radius 3 is 2.50 bits per heavy atom. The van der Waals surface area contributed by atoms with Gasteiger partial charge in [0.1, 0.15) is 0 Å². The molecule has 3 N–H and O–H groups in total. The Hall–Kier alpha value is -1.26. The van der Waals surface area contributed by atoms with Crippen LogP contribution in [0, 0.1) is 0 Å². The minimum absolute atomic E-state index is 0. The monoisotopic (exact) mass is 367 g/mol. The number of aryl methyl sites for hydroxylation is 1. The summed E-state index contributed by atoms with van der Waals surface area (Å²) < 4.78 is 0. The van der Waals surface area contributed by atoms with Crippen molar-refractivity contribution < 1.29 is 0 Å². The lowest BCUT2D eigenvalue weighted by molar-refractivity contribution is 0.154. The third kappa shape index (κ3) is 5.12. The molecule has 1 fully saturated rings. The molecule has 1 atom stereocenters. The average Bonchev–Trinajstić information content (AvgIpc) is 2.56. The van der Waals surface area contributed by atoms with Crippen molar-refractivity contribution in [3.63, 3.8) is 0 Å². The summed E-state index contributed by atoms with van der Waals surface area (Å²) in [4.78, 5) is 2.55. The van der Waals surface area contributed by atoms with E-state index >= 15 is 0 Å². The molecule has 0 radical (unpaired) electrons. The van der Waals surface area contributed by atoms with E-state index in [1.165, 1.54) is 16.7 Å². The van der Waals surface area contributed by atoms with E-state index in [1.54, 1.807) is 0 Å². The van der Waals surface area contributed by atoms with Crippen molar-refractivity contribution in [1.29, 1.82) is 0 Å². The van der Waals surface area contributed by atoms with E-state index in [1.807, 2.05) is 12.1 Å². The summed E-state index contributed by atoms with van der Waals surface area (Å²) in [6.45, 7) is 6.27. The highest BCUT2D eigenvalue weighted by Gasteiger charge is 2.23. The number of hydrogen-bond acceptors (Lipinski definition) is 3. The van der Waals surface area contributed by atoms with Crippen LogP contribution in [-0.2, 0) is 13.0 Å². The molecule has 2 aromatic rings. The number of benzene rings is 2. The number of halogens is 2. The molecule has 2 aromatic carbocycles. The second-order valence-electron chi connectivity index (χ2n) is 6.03. The lowest BCUT2D eigenvalue weighted by atomic mass is 10.00. The molecule has 3 rings (SSSR count). The predicted octanol–water partition coefficient (Wildman–Crippen LogP) is 3.82. The molecule has 132 valence electrons. The molecule has 1 heterocycles. The molecule has 1 unspecified atom stereocenters. The second-order valence-corrected chi connectivity index (χ2v) is 6.03. The van der Waals surface area contributed by atoms with E-state index in [0.717, 1.165) is 38.3 Å². The first-order valence-electron chi connectivity index (χ1n) is 8.14. The molecule has 0 saturated carbocycles. The molecule has 0 aromatic heterocycles. The number of anilines is 1. The molecule has 24 heavy (non-hydrogen) atoms. The highest BCUT2D eigenvalue weighted by atomic mass is 35.5. The molecule has 1 aliphatic rings. The lowest BCUT2D eigenvalue weighted by Gasteiger charge is -2.36. The van der Waals surface area contributed by atoms with Crippen molar-refractivity contribution >= 4 is 30.5 Å². The van der Waals surface area contributed by atoms with Gasteiger partial charge in [-0.2, -0.15) is 0 Å². The van der Waals surface area contributed by atoms with Gasteiger partial charge in [-0.25, -0.2) is 0 Å². The predicted molar refractivity (Wildman–Crippen MR) is 107 cm³/mol. The molecular weight excluding hydrogens is 341 g/mol. The van der Waals surface area contributed by atoms with E-state index in [4.69, 9.17) is 5.73 Å². The van der Waals surface area contributed by atoms with Gasteiger partial charge in [-0.15, -0.1) is 24.8 Å². The summed E-state index contributed by atoms with van der Waals surface area (Å²) in [5.41, 5.74) is 10.8. The normalized spacial score (nSPS) is 17.6. The van der Waals surface area contributed by atoms with Gasteiger partial charge < -0.3 is 11.1 Å². The van der Waals surface area contributed by atoms with Gasteiger partial charge >= 0.3 is 0 Å². The van der Waals surface area contributed by atoms with Crippen LogP contribution in [-0.4, -0.2) is 24.5 Å². The van der Waals surface area contributed by atoms with Crippen LogP contribution >= 0.6 is 24.8 Å². The molecule has 0 bridgehead atoms. The Morgan fingerprint density at radius 1 is 1.08 bits per heavy atom. The SMILES string of the molecule is CCc1ccc(C2CNCCN2Cc2cccc(N)c2)cc1.Cl.Cl. The standard InChI is InChI=1S/C19H25N3.2ClH/c1-2-15-6-8-17(9-7-15)19-13-21-10-11-22(19)14-16-4-3-5-18(20)12-16;;/h3-9,12,19,21H,2,10-11,13-14,20H2,1H3;2*1H. The minimum atomic E-state index is 0. The van der Waals surface area contributed by atoms with Gasteiger partial charge in [0.05, 0.1) is 0 Å². The van der Waals surface area contributed by atoms with Crippen LogP contribution in [0.4, 0.5) is 5.69 Å². The Bertz CT molecular complexity index is 616. The zero-order valence-corrected chi connectivity index (χ0v) is 15.7. The van der Waals surface area contributed by atoms with Crippen LogP contribution in [0.5, 0.6) is 0 Å². The fraction of sp³-hybridized carbons (Fsp3) is 0.368. The van der Waals surface area contributed by atoms with Gasteiger partial charge in [0.15, 0.2) is 0 Å². The number of nitrogens with zero attached hydrogens (tertiary/aromatic N) is 1. The summed E-state index contributed by atoms with van der Waals surface area (Å²) in [5, 5.41) is 3.52. The van der Waals surface area contributed by atoms with Crippen molar-refractivity contribution in [1.82, 2.24) is 10.2 Å². The van der Waals surface area contributed by atoms with Crippen molar-refractivity contribution in [2.24, 2.45) is 0 Å². The number of rotatable bonds is 4. The van der Waals surface area contributed by atoms with E-state index in [0.29, 0.717) is 6.04 Å².